The number of benzene rings is 1. The minimum atomic E-state index is -0.482. The molecule has 0 saturated carbocycles. The minimum absolute atomic E-state index is 0.347. The Labute approximate surface area is 121 Å². The summed E-state index contributed by atoms with van der Waals surface area (Å²) >= 11 is 0. The molecule has 20 heavy (non-hydrogen) atoms. The highest BCUT2D eigenvalue weighted by Gasteiger charge is 2.53. The van der Waals surface area contributed by atoms with E-state index in [2.05, 4.69) is 12.6 Å². The SMILES string of the molecule is C=CC1(C)OB(c2ccc3c(c2)CCCO3)OC1(C)C. The molecule has 0 spiro atoms. The average Bonchev–Trinajstić information content (AvgIpc) is 2.69. The van der Waals surface area contributed by atoms with Gasteiger partial charge in [0, 0.05) is 0 Å². The fraction of sp³-hybridized carbons (Fsp3) is 0.500. The van der Waals surface area contributed by atoms with E-state index in [1.165, 1.54) is 5.56 Å². The van der Waals surface area contributed by atoms with E-state index in [0.717, 1.165) is 30.7 Å². The van der Waals surface area contributed by atoms with Crippen molar-refractivity contribution in [2.24, 2.45) is 0 Å². The van der Waals surface area contributed by atoms with Crippen LogP contribution in [0.2, 0.25) is 0 Å². The molecule has 2 aliphatic rings. The quantitative estimate of drug-likeness (QED) is 0.611. The van der Waals surface area contributed by atoms with E-state index < -0.39 is 11.2 Å². The molecule has 2 aliphatic heterocycles. The molecule has 0 aliphatic carbocycles. The van der Waals surface area contributed by atoms with Crippen LogP contribution in [-0.4, -0.2) is 24.9 Å². The summed E-state index contributed by atoms with van der Waals surface area (Å²) in [5.74, 6) is 0.990. The molecular formula is C16H21BO3. The van der Waals surface area contributed by atoms with Gasteiger partial charge in [-0.1, -0.05) is 18.2 Å². The van der Waals surface area contributed by atoms with Gasteiger partial charge in [0.25, 0.3) is 0 Å². The second-order valence-corrected chi connectivity index (χ2v) is 6.21. The monoisotopic (exact) mass is 272 g/mol. The van der Waals surface area contributed by atoms with E-state index in [1.807, 2.05) is 39.0 Å². The van der Waals surface area contributed by atoms with Gasteiger partial charge in [-0.3, -0.25) is 0 Å². The van der Waals surface area contributed by atoms with E-state index in [-0.39, 0.29) is 7.12 Å². The lowest BCUT2D eigenvalue weighted by molar-refractivity contribution is 0.0288. The number of ether oxygens (including phenoxy) is 1. The first-order valence-corrected chi connectivity index (χ1v) is 7.20. The Bertz CT molecular complexity index is 541. The van der Waals surface area contributed by atoms with Gasteiger partial charge in [0.1, 0.15) is 5.75 Å². The van der Waals surface area contributed by atoms with Gasteiger partial charge >= 0.3 is 7.12 Å². The maximum absolute atomic E-state index is 6.11. The molecule has 1 unspecified atom stereocenters. The summed E-state index contributed by atoms with van der Waals surface area (Å²) < 4.78 is 17.9. The molecule has 2 heterocycles. The van der Waals surface area contributed by atoms with Crippen molar-refractivity contribution < 1.29 is 14.0 Å². The standard InChI is InChI=1S/C16H21BO3/c1-5-16(4)15(2,3)19-17(20-16)13-8-9-14-12(11-13)7-6-10-18-14/h5,8-9,11H,1,6-7,10H2,2-4H3. The summed E-state index contributed by atoms with van der Waals surface area (Å²) in [6.45, 7) is 10.8. The number of hydrogen-bond acceptors (Lipinski definition) is 3. The summed E-state index contributed by atoms with van der Waals surface area (Å²) in [4.78, 5) is 0. The Balaban J connectivity index is 1.89. The van der Waals surface area contributed by atoms with Crippen molar-refractivity contribution in [3.05, 3.63) is 36.4 Å². The zero-order valence-electron chi connectivity index (χ0n) is 12.4. The van der Waals surface area contributed by atoms with Crippen LogP contribution in [-0.2, 0) is 15.7 Å². The molecule has 4 heteroatoms. The van der Waals surface area contributed by atoms with Gasteiger partial charge in [-0.2, -0.15) is 0 Å². The molecule has 0 amide bonds. The third kappa shape index (κ3) is 2.07. The largest absolute Gasteiger partial charge is 0.495 e. The van der Waals surface area contributed by atoms with E-state index >= 15 is 0 Å². The summed E-state index contributed by atoms with van der Waals surface area (Å²) in [5.41, 5.74) is 1.41. The van der Waals surface area contributed by atoms with Crippen LogP contribution in [0.5, 0.6) is 5.75 Å². The van der Waals surface area contributed by atoms with Gasteiger partial charge in [0.05, 0.1) is 17.8 Å². The second kappa shape index (κ2) is 4.64. The van der Waals surface area contributed by atoms with E-state index in [4.69, 9.17) is 14.0 Å². The third-order valence-corrected chi connectivity index (χ3v) is 4.54. The molecule has 3 rings (SSSR count). The van der Waals surface area contributed by atoms with Crippen molar-refractivity contribution in [2.75, 3.05) is 6.61 Å². The first-order chi connectivity index (χ1) is 9.45. The number of aryl methyl sites for hydroxylation is 1. The maximum Gasteiger partial charge on any atom is 0.495 e. The van der Waals surface area contributed by atoms with Gasteiger partial charge in [-0.25, -0.2) is 0 Å². The first kappa shape index (κ1) is 13.7. The van der Waals surface area contributed by atoms with Gasteiger partial charge in [-0.05, 0) is 50.7 Å². The lowest BCUT2D eigenvalue weighted by Gasteiger charge is -2.33. The van der Waals surface area contributed by atoms with E-state index in [1.54, 1.807) is 0 Å². The summed E-state index contributed by atoms with van der Waals surface area (Å²) in [7, 11) is -0.347. The summed E-state index contributed by atoms with van der Waals surface area (Å²) in [6.07, 6.45) is 3.95. The fourth-order valence-corrected chi connectivity index (χ4v) is 2.73. The average molecular weight is 272 g/mol. The molecule has 0 radical (unpaired) electrons. The van der Waals surface area contributed by atoms with Gasteiger partial charge < -0.3 is 14.0 Å². The van der Waals surface area contributed by atoms with Crippen LogP contribution < -0.4 is 10.2 Å². The fourth-order valence-electron chi connectivity index (χ4n) is 2.73. The van der Waals surface area contributed by atoms with Gasteiger partial charge in [0.2, 0.25) is 0 Å². The van der Waals surface area contributed by atoms with Crippen molar-refractivity contribution in [1.29, 1.82) is 0 Å². The predicted molar refractivity (Wildman–Crippen MR) is 80.5 cm³/mol. The van der Waals surface area contributed by atoms with Crippen molar-refractivity contribution in [1.82, 2.24) is 0 Å². The van der Waals surface area contributed by atoms with Crippen LogP contribution in [0.3, 0.4) is 0 Å². The highest BCUT2D eigenvalue weighted by Crippen LogP contribution is 2.38. The predicted octanol–water partition coefficient (Wildman–Crippen LogP) is 2.48. The molecule has 1 aromatic rings. The highest BCUT2D eigenvalue weighted by atomic mass is 16.7. The normalized spacial score (nSPS) is 27.9. The molecule has 1 saturated heterocycles. The Hall–Kier alpha value is -1.26. The van der Waals surface area contributed by atoms with Crippen LogP contribution in [0.1, 0.15) is 32.8 Å². The molecule has 0 N–H and O–H groups in total. The lowest BCUT2D eigenvalue weighted by atomic mass is 9.78. The number of fused-ring (bicyclic) bond motifs is 1. The molecule has 0 bridgehead atoms. The number of hydrogen-bond donors (Lipinski definition) is 0. The van der Waals surface area contributed by atoms with Gasteiger partial charge in [0.15, 0.2) is 0 Å². The van der Waals surface area contributed by atoms with E-state index in [0.29, 0.717) is 0 Å². The molecule has 106 valence electrons. The molecule has 1 fully saturated rings. The van der Waals surface area contributed by atoms with Gasteiger partial charge in [-0.15, -0.1) is 6.58 Å². The minimum Gasteiger partial charge on any atom is -0.493 e. The molecular weight excluding hydrogens is 251 g/mol. The van der Waals surface area contributed by atoms with Crippen LogP contribution in [0.4, 0.5) is 0 Å². The first-order valence-electron chi connectivity index (χ1n) is 7.20. The molecule has 1 aromatic carbocycles. The van der Waals surface area contributed by atoms with Crippen LogP contribution in [0, 0.1) is 0 Å². The Morgan fingerprint density at radius 2 is 2.05 bits per heavy atom. The Morgan fingerprint density at radius 1 is 1.25 bits per heavy atom. The topological polar surface area (TPSA) is 27.7 Å². The smallest absolute Gasteiger partial charge is 0.493 e. The molecule has 1 atom stereocenters. The maximum atomic E-state index is 6.11. The number of rotatable bonds is 2. The van der Waals surface area contributed by atoms with Crippen LogP contribution in [0.15, 0.2) is 30.9 Å². The van der Waals surface area contributed by atoms with Crippen molar-refractivity contribution in [2.45, 2.75) is 44.8 Å². The zero-order valence-corrected chi connectivity index (χ0v) is 12.4. The van der Waals surface area contributed by atoms with Crippen LogP contribution >= 0.6 is 0 Å². The lowest BCUT2D eigenvalue weighted by Crippen LogP contribution is -2.42. The van der Waals surface area contributed by atoms with Crippen LogP contribution in [0.25, 0.3) is 0 Å². The Morgan fingerprint density at radius 3 is 2.75 bits per heavy atom. The molecule has 0 aromatic heterocycles. The second-order valence-electron chi connectivity index (χ2n) is 6.21. The zero-order chi connectivity index (χ0) is 14.4. The van der Waals surface area contributed by atoms with Crippen molar-refractivity contribution >= 4 is 12.6 Å². The Kier molecular flexibility index (Phi) is 3.18. The van der Waals surface area contributed by atoms with Crippen molar-refractivity contribution in [3.63, 3.8) is 0 Å². The molecule has 3 nitrogen and oxygen atoms in total. The summed E-state index contributed by atoms with van der Waals surface area (Å²) in [6, 6.07) is 6.19. The van der Waals surface area contributed by atoms with E-state index in [9.17, 15) is 0 Å². The van der Waals surface area contributed by atoms with Crippen molar-refractivity contribution in [3.8, 4) is 5.75 Å². The third-order valence-electron chi connectivity index (χ3n) is 4.54. The highest BCUT2D eigenvalue weighted by molar-refractivity contribution is 6.62. The summed E-state index contributed by atoms with van der Waals surface area (Å²) in [5, 5.41) is 0.